The number of hydrogen-bond donors (Lipinski definition) is 0. The van der Waals surface area contributed by atoms with E-state index in [9.17, 15) is 0 Å². The van der Waals surface area contributed by atoms with Crippen LogP contribution in [0, 0.1) is 0 Å². The maximum atomic E-state index is 6.91. The van der Waals surface area contributed by atoms with Crippen LogP contribution in [0.5, 0.6) is 0 Å². The molecule has 3 nitrogen and oxygen atoms in total. The van der Waals surface area contributed by atoms with Crippen molar-refractivity contribution in [2.75, 3.05) is 0 Å². The summed E-state index contributed by atoms with van der Waals surface area (Å²) >= 11 is 0. The third-order valence-corrected chi connectivity index (χ3v) is 11.0. The lowest BCUT2D eigenvalue weighted by atomic mass is 10.0. The molecule has 266 valence electrons. The average molecular weight is 719 g/mol. The van der Waals surface area contributed by atoms with Gasteiger partial charge < -0.3 is 8.98 Å². The summed E-state index contributed by atoms with van der Waals surface area (Å²) < 4.78 is 9.27. The van der Waals surface area contributed by atoms with Gasteiger partial charge in [-0.2, -0.15) is 0 Å². The van der Waals surface area contributed by atoms with Gasteiger partial charge in [0.15, 0.2) is 5.58 Å². The lowest BCUT2D eigenvalue weighted by Crippen LogP contribution is -2.25. The van der Waals surface area contributed by atoms with Gasteiger partial charge in [0.1, 0.15) is 5.58 Å². The Labute approximate surface area is 325 Å². The van der Waals surface area contributed by atoms with Crippen molar-refractivity contribution in [3.8, 4) is 27.9 Å². The minimum atomic E-state index is 0.743. The summed E-state index contributed by atoms with van der Waals surface area (Å²) in [5, 5.41) is 6.55. The van der Waals surface area contributed by atoms with Crippen LogP contribution in [0.2, 0.25) is 0 Å². The predicted octanol–water partition coefficient (Wildman–Crippen LogP) is 12.5. The molecule has 0 atom stereocenters. The molecular weight excluding hydrogens is 681 g/mol. The topological polar surface area (TPSA) is 30.4 Å². The third kappa shape index (κ3) is 5.73. The van der Waals surface area contributed by atoms with Crippen LogP contribution in [0.4, 0.5) is 0 Å². The summed E-state index contributed by atoms with van der Waals surface area (Å²) in [6.07, 6.45) is 0.743. The van der Waals surface area contributed by atoms with Crippen LogP contribution < -0.4 is 10.4 Å². The summed E-state index contributed by atoms with van der Waals surface area (Å²) in [6, 6.07) is 66.4. The first kappa shape index (κ1) is 33.3. The molecule has 56 heavy (non-hydrogen) atoms. The molecule has 0 amide bonds. The first-order valence-corrected chi connectivity index (χ1v) is 19.2. The van der Waals surface area contributed by atoms with Crippen LogP contribution in [-0.4, -0.2) is 10.3 Å². The van der Waals surface area contributed by atoms with Crippen molar-refractivity contribution in [1.82, 2.24) is 4.57 Å². The van der Waals surface area contributed by atoms with Crippen molar-refractivity contribution in [1.29, 1.82) is 0 Å². The van der Waals surface area contributed by atoms with Crippen LogP contribution in [-0.2, 0) is 0 Å². The number of nitrogens with zero attached hydrogens (tertiary/aromatic N) is 2. The average Bonchev–Trinajstić information content (AvgIpc) is 3.80. The normalized spacial score (nSPS) is 12.6. The van der Waals surface area contributed by atoms with Gasteiger partial charge in [-0.05, 0) is 69.8 Å². The smallest absolute Gasteiger partial charge is 0.159 e. The number of furan rings is 1. The Bertz CT molecular complexity index is 3220. The first-order valence-electron chi connectivity index (χ1n) is 19.2. The van der Waals surface area contributed by atoms with Gasteiger partial charge >= 0.3 is 0 Å². The Hall–Kier alpha value is -7.23. The largest absolute Gasteiger partial charge is 0.454 e. The molecule has 0 unspecified atom stereocenters. The number of hydrogen-bond acceptors (Lipinski definition) is 2. The predicted molar refractivity (Wildman–Crippen MR) is 236 cm³/mol. The second-order valence-electron chi connectivity index (χ2n) is 14.3. The van der Waals surface area contributed by atoms with Gasteiger partial charge in [-0.25, -0.2) is 0 Å². The second-order valence-corrected chi connectivity index (χ2v) is 14.3. The van der Waals surface area contributed by atoms with Crippen molar-refractivity contribution >= 4 is 61.7 Å². The molecule has 2 heterocycles. The van der Waals surface area contributed by atoms with Crippen molar-refractivity contribution in [2.24, 2.45) is 4.99 Å². The minimum Gasteiger partial charge on any atom is -0.454 e. The Morgan fingerprint density at radius 1 is 0.518 bits per heavy atom. The molecule has 0 N–H and O–H groups in total. The number of para-hydroxylation sites is 2. The van der Waals surface area contributed by atoms with Gasteiger partial charge in [-0.15, -0.1) is 0 Å². The highest BCUT2D eigenvalue weighted by molar-refractivity contribution is 6.14. The summed E-state index contributed by atoms with van der Waals surface area (Å²) in [4.78, 5) is 5.44. The van der Waals surface area contributed by atoms with Crippen molar-refractivity contribution in [2.45, 2.75) is 13.3 Å². The molecule has 0 saturated carbocycles. The molecule has 10 rings (SSSR count). The molecular formula is C53H38N2O. The van der Waals surface area contributed by atoms with E-state index < -0.39 is 0 Å². The Morgan fingerprint density at radius 3 is 1.89 bits per heavy atom. The first-order chi connectivity index (χ1) is 27.6. The number of aliphatic imine (C=N–C) groups is 1. The highest BCUT2D eigenvalue weighted by atomic mass is 16.3. The number of rotatable bonds is 7. The van der Waals surface area contributed by atoms with Gasteiger partial charge in [0.05, 0.1) is 22.4 Å². The lowest BCUT2D eigenvalue weighted by molar-refractivity contribution is 0.666. The van der Waals surface area contributed by atoms with E-state index in [1.807, 2.05) is 18.2 Å². The van der Waals surface area contributed by atoms with Gasteiger partial charge in [0.25, 0.3) is 0 Å². The van der Waals surface area contributed by atoms with E-state index in [0.717, 1.165) is 78.1 Å². The molecule has 0 saturated heterocycles. The van der Waals surface area contributed by atoms with E-state index in [-0.39, 0.29) is 0 Å². The lowest BCUT2D eigenvalue weighted by Gasteiger charge is -2.10. The summed E-state index contributed by atoms with van der Waals surface area (Å²) in [7, 11) is 0. The highest BCUT2D eigenvalue weighted by Gasteiger charge is 2.19. The van der Waals surface area contributed by atoms with E-state index >= 15 is 0 Å². The third-order valence-electron chi connectivity index (χ3n) is 11.0. The fraction of sp³-hybridized carbons (Fsp3) is 0.0377. The van der Waals surface area contributed by atoms with Crippen LogP contribution in [0.1, 0.15) is 24.5 Å². The zero-order valence-corrected chi connectivity index (χ0v) is 31.1. The second kappa shape index (κ2) is 13.9. The number of fused-ring (bicyclic) bond motifs is 6. The van der Waals surface area contributed by atoms with Crippen LogP contribution in [0.3, 0.4) is 0 Å². The summed E-state index contributed by atoms with van der Waals surface area (Å²) in [5.74, 6) is 0. The SMILES string of the molecule is C=c1cccc/c1=C(/N=C(CC)c1ccc2c(c1)oc1c(-n3c4ccccc4c4ccc(-c5ccccc5)cc43)cccc12)c1ccc(-c2ccccc2)cc1. The zero-order valence-electron chi connectivity index (χ0n) is 31.1. The van der Waals surface area contributed by atoms with Gasteiger partial charge in [0.2, 0.25) is 0 Å². The van der Waals surface area contributed by atoms with Gasteiger partial charge in [-0.3, -0.25) is 4.99 Å². The minimum absolute atomic E-state index is 0.743. The van der Waals surface area contributed by atoms with Crippen molar-refractivity contribution in [3.63, 3.8) is 0 Å². The van der Waals surface area contributed by atoms with E-state index in [1.165, 1.54) is 33.0 Å². The molecule has 0 fully saturated rings. The molecule has 3 heteroatoms. The Balaban J connectivity index is 1.12. The Morgan fingerprint density at radius 2 is 1.12 bits per heavy atom. The van der Waals surface area contributed by atoms with E-state index in [4.69, 9.17) is 9.41 Å². The maximum absolute atomic E-state index is 6.91. The molecule has 0 aliphatic heterocycles. The van der Waals surface area contributed by atoms with Gasteiger partial charge in [-0.1, -0.05) is 171 Å². The fourth-order valence-electron chi connectivity index (χ4n) is 8.14. The molecule has 2 aromatic heterocycles. The van der Waals surface area contributed by atoms with Crippen LogP contribution in [0.25, 0.3) is 84.0 Å². The van der Waals surface area contributed by atoms with Crippen molar-refractivity contribution < 1.29 is 4.42 Å². The highest BCUT2D eigenvalue weighted by Crippen LogP contribution is 2.39. The maximum Gasteiger partial charge on any atom is 0.159 e. The zero-order chi connectivity index (χ0) is 37.6. The molecule has 10 aromatic rings. The quantitative estimate of drug-likeness (QED) is 0.151. The molecule has 0 bridgehead atoms. The monoisotopic (exact) mass is 718 g/mol. The Kier molecular flexibility index (Phi) is 8.26. The number of benzene rings is 8. The molecule has 0 aliphatic rings. The standard InChI is InChI=1S/C53H38N2O/c1-3-47(54-52(42-20-11-10-15-35(42)2)39-27-25-38(26-28-39)36-16-6-4-7-17-36)41-30-32-45-46-22-14-24-49(53(46)56-51(45)34-41)55-48-23-13-12-21-43(48)44-31-29-40(33-50(44)55)37-18-8-5-9-19-37/h4-34H,2-3H2,1H3/b52-42-,54-47?. The van der Waals surface area contributed by atoms with Crippen LogP contribution in [0.15, 0.2) is 197 Å². The van der Waals surface area contributed by atoms with Crippen molar-refractivity contribution in [3.05, 3.63) is 210 Å². The van der Waals surface area contributed by atoms with Gasteiger partial charge in [0, 0.05) is 38.0 Å². The number of aromatic nitrogens is 1. The fourth-order valence-corrected chi connectivity index (χ4v) is 8.14. The molecule has 0 radical (unpaired) electrons. The summed E-state index contributed by atoms with van der Waals surface area (Å²) in [6.45, 7) is 6.55. The molecule has 0 aliphatic carbocycles. The molecule has 8 aromatic carbocycles. The molecule has 0 spiro atoms. The van der Waals surface area contributed by atoms with E-state index in [1.54, 1.807) is 0 Å². The summed E-state index contributed by atoms with van der Waals surface area (Å²) in [5.41, 5.74) is 13.7. The van der Waals surface area contributed by atoms with Crippen LogP contribution >= 0.6 is 0 Å². The van der Waals surface area contributed by atoms with E-state index in [0.29, 0.717) is 0 Å². The van der Waals surface area contributed by atoms with E-state index in [2.05, 4.69) is 188 Å².